The molecule has 2 heterocycles. The lowest BCUT2D eigenvalue weighted by Gasteiger charge is -2.35. The summed E-state index contributed by atoms with van der Waals surface area (Å²) in [5, 5.41) is 5.26. The first-order chi connectivity index (χ1) is 15.3. The molecule has 0 saturated carbocycles. The van der Waals surface area contributed by atoms with Crippen LogP contribution in [-0.2, 0) is 28.7 Å². The first kappa shape index (κ1) is 23.5. The Labute approximate surface area is 187 Å². The Morgan fingerprint density at radius 3 is 2.78 bits per heavy atom. The molecule has 0 aliphatic carbocycles. The van der Waals surface area contributed by atoms with Gasteiger partial charge in [0.1, 0.15) is 18.3 Å². The second-order valence-electron chi connectivity index (χ2n) is 7.92. The lowest BCUT2D eigenvalue weighted by molar-refractivity contribution is -0.153. The maximum Gasteiger partial charge on any atom is 0.308 e. The van der Waals surface area contributed by atoms with E-state index < -0.39 is 29.7 Å². The Bertz CT molecular complexity index is 907. The van der Waals surface area contributed by atoms with E-state index in [4.69, 9.17) is 9.47 Å². The van der Waals surface area contributed by atoms with Crippen molar-refractivity contribution in [3.05, 3.63) is 41.1 Å². The number of nitrogens with one attached hydrogen (secondary N) is 2. The van der Waals surface area contributed by atoms with E-state index in [1.54, 1.807) is 6.08 Å². The minimum Gasteiger partial charge on any atom is -0.463 e. The molecule has 2 atom stereocenters. The topological polar surface area (TPSA) is 114 Å². The Hall–Kier alpha value is -3.20. The van der Waals surface area contributed by atoms with Gasteiger partial charge in [0.15, 0.2) is 0 Å². The van der Waals surface area contributed by atoms with Gasteiger partial charge in [-0.05, 0) is 37.0 Å². The Balaban J connectivity index is 1.76. The summed E-state index contributed by atoms with van der Waals surface area (Å²) in [7, 11) is 0. The molecule has 1 aromatic rings. The molecule has 172 valence electrons. The molecule has 2 aliphatic heterocycles. The molecule has 9 nitrogen and oxygen atoms in total. The number of rotatable bonds is 7. The maximum atomic E-state index is 13.3. The molecule has 2 fully saturated rings. The summed E-state index contributed by atoms with van der Waals surface area (Å²) in [6.45, 7) is 4.44. The molecule has 0 radical (unpaired) electrons. The van der Waals surface area contributed by atoms with Crippen molar-refractivity contribution in [2.24, 2.45) is 0 Å². The Morgan fingerprint density at radius 2 is 2.09 bits per heavy atom. The van der Waals surface area contributed by atoms with Gasteiger partial charge in [-0.1, -0.05) is 24.3 Å². The van der Waals surface area contributed by atoms with E-state index in [1.807, 2.05) is 31.2 Å². The minimum absolute atomic E-state index is 0.0409. The van der Waals surface area contributed by atoms with Gasteiger partial charge in [-0.3, -0.25) is 19.2 Å². The van der Waals surface area contributed by atoms with Crippen LogP contribution in [0.1, 0.15) is 37.3 Å². The molecule has 3 rings (SSSR count). The number of benzene rings is 1. The van der Waals surface area contributed by atoms with Crippen molar-refractivity contribution in [1.29, 1.82) is 0 Å². The third kappa shape index (κ3) is 6.16. The van der Waals surface area contributed by atoms with Crippen LogP contribution in [0.3, 0.4) is 0 Å². The number of hydrogen-bond donors (Lipinski definition) is 2. The summed E-state index contributed by atoms with van der Waals surface area (Å²) in [6.07, 6.45) is 2.93. The number of esters is 1. The third-order valence-corrected chi connectivity index (χ3v) is 5.44. The van der Waals surface area contributed by atoms with Crippen LogP contribution in [0.15, 0.2) is 30.0 Å². The van der Waals surface area contributed by atoms with Gasteiger partial charge in [0.2, 0.25) is 11.8 Å². The maximum absolute atomic E-state index is 13.3. The SMILES string of the molecule is CC(=O)N/C(=C\c1ccccc1C)C(=O)N1CCNC(=O)C1CC(=O)OCC1CCCO1. The van der Waals surface area contributed by atoms with Crippen molar-refractivity contribution in [3.8, 4) is 0 Å². The van der Waals surface area contributed by atoms with Gasteiger partial charge in [0.25, 0.3) is 5.91 Å². The average Bonchev–Trinajstić information content (AvgIpc) is 3.28. The third-order valence-electron chi connectivity index (χ3n) is 5.44. The van der Waals surface area contributed by atoms with Crippen molar-refractivity contribution >= 4 is 29.8 Å². The fourth-order valence-corrected chi connectivity index (χ4v) is 3.74. The zero-order chi connectivity index (χ0) is 23.1. The molecule has 9 heteroatoms. The second kappa shape index (κ2) is 10.9. The Kier molecular flexibility index (Phi) is 7.99. The number of carbonyl (C=O) groups excluding carboxylic acids is 4. The fourth-order valence-electron chi connectivity index (χ4n) is 3.74. The number of piperazine rings is 1. The summed E-state index contributed by atoms with van der Waals surface area (Å²) in [5.74, 6) is -1.96. The minimum atomic E-state index is -1.03. The molecule has 1 aromatic carbocycles. The predicted molar refractivity (Wildman–Crippen MR) is 116 cm³/mol. The predicted octanol–water partition coefficient (Wildman–Crippen LogP) is 0.911. The monoisotopic (exact) mass is 443 g/mol. The van der Waals surface area contributed by atoms with Gasteiger partial charge < -0.3 is 25.0 Å². The smallest absolute Gasteiger partial charge is 0.308 e. The quantitative estimate of drug-likeness (QED) is 0.478. The normalized spacial score (nSPS) is 21.1. The lowest BCUT2D eigenvalue weighted by Crippen LogP contribution is -2.58. The van der Waals surface area contributed by atoms with Crippen LogP contribution in [0.25, 0.3) is 6.08 Å². The summed E-state index contributed by atoms with van der Waals surface area (Å²) in [5.41, 5.74) is 1.73. The van der Waals surface area contributed by atoms with Crippen LogP contribution < -0.4 is 10.6 Å². The molecule has 2 aliphatic rings. The van der Waals surface area contributed by atoms with E-state index in [9.17, 15) is 19.2 Å². The highest BCUT2D eigenvalue weighted by molar-refractivity contribution is 6.03. The first-order valence-corrected chi connectivity index (χ1v) is 10.8. The van der Waals surface area contributed by atoms with Gasteiger partial charge in [-0.15, -0.1) is 0 Å². The fraction of sp³-hybridized carbons (Fsp3) is 0.478. The number of hydrogen-bond acceptors (Lipinski definition) is 6. The van der Waals surface area contributed by atoms with E-state index >= 15 is 0 Å². The summed E-state index contributed by atoms with van der Waals surface area (Å²) in [6, 6.07) is 6.40. The number of ether oxygens (including phenoxy) is 2. The van der Waals surface area contributed by atoms with Crippen molar-refractivity contribution in [3.63, 3.8) is 0 Å². The first-order valence-electron chi connectivity index (χ1n) is 10.8. The van der Waals surface area contributed by atoms with Gasteiger partial charge in [0.05, 0.1) is 12.5 Å². The lowest BCUT2D eigenvalue weighted by atomic mass is 10.1. The average molecular weight is 444 g/mol. The van der Waals surface area contributed by atoms with Gasteiger partial charge >= 0.3 is 5.97 Å². The number of nitrogens with zero attached hydrogens (tertiary/aromatic N) is 1. The van der Waals surface area contributed by atoms with Gasteiger partial charge in [-0.2, -0.15) is 0 Å². The highest BCUT2D eigenvalue weighted by atomic mass is 16.6. The second-order valence-corrected chi connectivity index (χ2v) is 7.92. The van der Waals surface area contributed by atoms with E-state index in [-0.39, 0.29) is 37.9 Å². The van der Waals surface area contributed by atoms with Crippen LogP contribution in [0.4, 0.5) is 0 Å². The molecule has 0 spiro atoms. The molecule has 0 bridgehead atoms. The van der Waals surface area contributed by atoms with Gasteiger partial charge in [-0.25, -0.2) is 0 Å². The van der Waals surface area contributed by atoms with Gasteiger partial charge in [0, 0.05) is 26.6 Å². The summed E-state index contributed by atoms with van der Waals surface area (Å²) in [4.78, 5) is 51.3. The molecular formula is C23H29N3O6. The zero-order valence-electron chi connectivity index (χ0n) is 18.4. The van der Waals surface area contributed by atoms with E-state index in [2.05, 4.69) is 10.6 Å². The standard InChI is InChI=1S/C23H29N3O6/c1-15-6-3-4-7-17(15)12-19(25-16(2)27)23(30)26-10-9-24-22(29)20(26)13-21(28)32-14-18-8-5-11-31-18/h3-4,6-7,12,18,20H,5,8-11,13-14H2,1-2H3,(H,24,29)(H,25,27)/b19-12-. The number of amides is 3. The Morgan fingerprint density at radius 1 is 1.31 bits per heavy atom. The highest BCUT2D eigenvalue weighted by Gasteiger charge is 2.36. The van der Waals surface area contributed by atoms with Crippen LogP contribution >= 0.6 is 0 Å². The summed E-state index contributed by atoms with van der Waals surface area (Å²) >= 11 is 0. The molecule has 2 N–H and O–H groups in total. The number of carbonyl (C=O) groups is 4. The molecule has 2 unspecified atom stereocenters. The van der Waals surface area contributed by atoms with Crippen LogP contribution in [0.5, 0.6) is 0 Å². The zero-order valence-corrected chi connectivity index (χ0v) is 18.4. The summed E-state index contributed by atoms with van der Waals surface area (Å²) < 4.78 is 10.7. The van der Waals surface area contributed by atoms with E-state index in [1.165, 1.54) is 11.8 Å². The van der Waals surface area contributed by atoms with Crippen molar-refractivity contribution in [2.75, 3.05) is 26.3 Å². The van der Waals surface area contributed by atoms with Crippen LogP contribution in [0, 0.1) is 6.92 Å². The molecule has 0 aromatic heterocycles. The van der Waals surface area contributed by atoms with E-state index in [0.29, 0.717) is 6.61 Å². The van der Waals surface area contributed by atoms with Crippen LogP contribution in [-0.4, -0.2) is 67.0 Å². The highest BCUT2D eigenvalue weighted by Crippen LogP contribution is 2.18. The van der Waals surface area contributed by atoms with E-state index in [0.717, 1.165) is 24.0 Å². The number of aryl methyl sites for hydroxylation is 1. The van der Waals surface area contributed by atoms with Crippen molar-refractivity contribution in [1.82, 2.24) is 15.5 Å². The molecule has 32 heavy (non-hydrogen) atoms. The van der Waals surface area contributed by atoms with Crippen molar-refractivity contribution in [2.45, 2.75) is 45.3 Å². The molecule has 2 saturated heterocycles. The molecule has 3 amide bonds. The largest absolute Gasteiger partial charge is 0.463 e. The molecular weight excluding hydrogens is 414 g/mol. The van der Waals surface area contributed by atoms with Crippen molar-refractivity contribution < 1.29 is 28.7 Å². The van der Waals surface area contributed by atoms with Crippen LogP contribution in [0.2, 0.25) is 0 Å².